The third kappa shape index (κ3) is 4.90. The number of thiophene rings is 1. The third-order valence-corrected chi connectivity index (χ3v) is 5.23. The van der Waals surface area contributed by atoms with E-state index in [1.54, 1.807) is 11.3 Å². The van der Waals surface area contributed by atoms with Gasteiger partial charge < -0.3 is 5.32 Å². The van der Waals surface area contributed by atoms with E-state index in [2.05, 4.69) is 31.9 Å². The largest absolute Gasteiger partial charge is 0.348 e. The number of nitrogens with zero attached hydrogens (tertiary/aromatic N) is 2. The lowest BCUT2D eigenvalue weighted by atomic mass is 10.1. The van der Waals surface area contributed by atoms with Crippen LogP contribution in [0.3, 0.4) is 0 Å². The van der Waals surface area contributed by atoms with Crippen LogP contribution >= 0.6 is 11.3 Å². The zero-order chi connectivity index (χ0) is 16.8. The van der Waals surface area contributed by atoms with Gasteiger partial charge in [-0.3, -0.25) is 14.6 Å². The molecule has 1 aliphatic heterocycles. The lowest BCUT2D eigenvalue weighted by Gasteiger charge is -2.34. The molecule has 0 unspecified atom stereocenters. The molecule has 128 valence electrons. The molecule has 1 N–H and O–H groups in total. The van der Waals surface area contributed by atoms with Gasteiger partial charge in [0.15, 0.2) is 0 Å². The van der Waals surface area contributed by atoms with E-state index in [1.165, 1.54) is 5.56 Å². The fraction of sp³-hybridized carbons (Fsp3) is 0.421. The van der Waals surface area contributed by atoms with Gasteiger partial charge in [-0.05, 0) is 34.9 Å². The Labute approximate surface area is 148 Å². The molecule has 3 rings (SSSR count). The summed E-state index contributed by atoms with van der Waals surface area (Å²) in [4.78, 5) is 17.0. The maximum absolute atomic E-state index is 12.3. The second-order valence-corrected chi connectivity index (χ2v) is 7.16. The maximum Gasteiger partial charge on any atom is 0.234 e. The molecule has 1 atom stereocenters. The molecule has 1 amide bonds. The fourth-order valence-electron chi connectivity index (χ4n) is 3.06. The lowest BCUT2D eigenvalue weighted by Crippen LogP contribution is -2.49. The topological polar surface area (TPSA) is 35.6 Å². The average Bonchev–Trinajstić information content (AvgIpc) is 3.10. The molecular formula is C19H25N3OS. The minimum absolute atomic E-state index is 0.0542. The normalized spacial score (nSPS) is 17.5. The van der Waals surface area contributed by atoms with Crippen molar-refractivity contribution >= 4 is 17.2 Å². The smallest absolute Gasteiger partial charge is 0.234 e. The Morgan fingerprint density at radius 3 is 2.50 bits per heavy atom. The van der Waals surface area contributed by atoms with Crippen molar-refractivity contribution in [2.75, 3.05) is 32.7 Å². The summed E-state index contributed by atoms with van der Waals surface area (Å²) < 4.78 is 0. The molecule has 1 aliphatic rings. The van der Waals surface area contributed by atoms with Crippen LogP contribution < -0.4 is 5.32 Å². The van der Waals surface area contributed by atoms with Crippen LogP contribution in [0.25, 0.3) is 0 Å². The second kappa shape index (κ2) is 8.42. The van der Waals surface area contributed by atoms with Gasteiger partial charge in [-0.25, -0.2) is 0 Å². The minimum atomic E-state index is 0.0542. The Kier molecular flexibility index (Phi) is 6.01. The van der Waals surface area contributed by atoms with E-state index in [-0.39, 0.29) is 11.9 Å². The molecule has 1 aromatic heterocycles. The molecular weight excluding hydrogens is 318 g/mol. The van der Waals surface area contributed by atoms with Crippen LogP contribution in [-0.2, 0) is 11.3 Å². The number of carbonyl (C=O) groups is 1. The summed E-state index contributed by atoms with van der Waals surface area (Å²) in [5.74, 6) is 0.109. The number of hydrogen-bond donors (Lipinski definition) is 1. The number of rotatable bonds is 6. The molecule has 0 spiro atoms. The van der Waals surface area contributed by atoms with Gasteiger partial charge in [0.2, 0.25) is 5.91 Å². The Balaban J connectivity index is 1.40. The number of hydrogen-bond acceptors (Lipinski definition) is 4. The highest BCUT2D eigenvalue weighted by Gasteiger charge is 2.20. The predicted molar refractivity (Wildman–Crippen MR) is 99.0 cm³/mol. The van der Waals surface area contributed by atoms with Crippen LogP contribution in [0, 0.1) is 0 Å². The van der Waals surface area contributed by atoms with E-state index >= 15 is 0 Å². The molecule has 0 radical (unpaired) electrons. The number of carbonyl (C=O) groups excluding carboxylic acids is 1. The zero-order valence-corrected chi connectivity index (χ0v) is 15.0. The summed E-state index contributed by atoms with van der Waals surface area (Å²) in [6.45, 7) is 7.51. The number of amides is 1. The molecule has 24 heavy (non-hydrogen) atoms. The fourth-order valence-corrected chi connectivity index (χ4v) is 3.72. The summed E-state index contributed by atoms with van der Waals surface area (Å²) in [6.07, 6.45) is 0. The van der Waals surface area contributed by atoms with Crippen molar-refractivity contribution in [2.24, 2.45) is 0 Å². The van der Waals surface area contributed by atoms with E-state index < -0.39 is 0 Å². The van der Waals surface area contributed by atoms with Gasteiger partial charge in [0.25, 0.3) is 0 Å². The van der Waals surface area contributed by atoms with Crippen molar-refractivity contribution in [3.05, 3.63) is 58.3 Å². The molecule has 0 aliphatic carbocycles. The highest BCUT2D eigenvalue weighted by atomic mass is 32.1. The van der Waals surface area contributed by atoms with Crippen molar-refractivity contribution in [3.8, 4) is 0 Å². The summed E-state index contributed by atoms with van der Waals surface area (Å²) in [5, 5.41) is 7.44. The van der Waals surface area contributed by atoms with Gasteiger partial charge in [-0.1, -0.05) is 30.3 Å². The van der Waals surface area contributed by atoms with Crippen LogP contribution in [0.5, 0.6) is 0 Å². The molecule has 5 heteroatoms. The predicted octanol–water partition coefficient (Wildman–Crippen LogP) is 2.74. The van der Waals surface area contributed by atoms with Gasteiger partial charge in [0, 0.05) is 32.7 Å². The number of piperazine rings is 1. The van der Waals surface area contributed by atoms with Crippen molar-refractivity contribution in [3.63, 3.8) is 0 Å². The quantitative estimate of drug-likeness (QED) is 0.876. The van der Waals surface area contributed by atoms with Crippen molar-refractivity contribution in [2.45, 2.75) is 19.5 Å². The third-order valence-electron chi connectivity index (χ3n) is 4.50. The molecule has 0 bridgehead atoms. The first-order chi connectivity index (χ1) is 11.7. The van der Waals surface area contributed by atoms with E-state index in [0.29, 0.717) is 6.54 Å². The van der Waals surface area contributed by atoms with E-state index in [4.69, 9.17) is 0 Å². The standard InChI is InChI=1S/C19H25N3OS/c1-16(18-5-3-2-4-6-18)20-19(23)14-22-10-8-21(9-11-22)13-17-7-12-24-15-17/h2-7,12,15-16H,8-11,13-14H2,1H3,(H,20,23)/t16-/m0/s1. The van der Waals surface area contributed by atoms with Crippen molar-refractivity contribution < 1.29 is 4.79 Å². The highest BCUT2D eigenvalue weighted by Crippen LogP contribution is 2.13. The van der Waals surface area contributed by atoms with Gasteiger partial charge in [0.05, 0.1) is 12.6 Å². The Morgan fingerprint density at radius 1 is 1.12 bits per heavy atom. The van der Waals surface area contributed by atoms with Crippen LogP contribution in [0.15, 0.2) is 47.2 Å². The monoisotopic (exact) mass is 343 g/mol. The molecule has 1 fully saturated rings. The lowest BCUT2D eigenvalue weighted by molar-refractivity contribution is -0.123. The average molecular weight is 343 g/mol. The van der Waals surface area contributed by atoms with Crippen molar-refractivity contribution in [1.82, 2.24) is 15.1 Å². The second-order valence-electron chi connectivity index (χ2n) is 6.38. The Bertz CT molecular complexity index is 621. The zero-order valence-electron chi connectivity index (χ0n) is 14.1. The molecule has 2 heterocycles. The molecule has 1 saturated heterocycles. The van der Waals surface area contributed by atoms with E-state index in [1.807, 2.05) is 37.3 Å². The van der Waals surface area contributed by atoms with E-state index in [0.717, 1.165) is 38.3 Å². The summed E-state index contributed by atoms with van der Waals surface area (Å²) in [7, 11) is 0. The van der Waals surface area contributed by atoms with Crippen LogP contribution in [-0.4, -0.2) is 48.4 Å². The van der Waals surface area contributed by atoms with Crippen molar-refractivity contribution in [1.29, 1.82) is 0 Å². The van der Waals surface area contributed by atoms with Gasteiger partial charge in [-0.2, -0.15) is 11.3 Å². The SMILES string of the molecule is C[C@H](NC(=O)CN1CCN(Cc2ccsc2)CC1)c1ccccc1. The Morgan fingerprint density at radius 2 is 1.83 bits per heavy atom. The van der Waals surface area contributed by atoms with Crippen LogP contribution in [0.2, 0.25) is 0 Å². The molecule has 0 saturated carbocycles. The van der Waals surface area contributed by atoms with Crippen LogP contribution in [0.1, 0.15) is 24.1 Å². The highest BCUT2D eigenvalue weighted by molar-refractivity contribution is 7.07. The van der Waals surface area contributed by atoms with Crippen LogP contribution in [0.4, 0.5) is 0 Å². The first-order valence-corrected chi connectivity index (χ1v) is 9.45. The molecule has 2 aromatic rings. The molecule has 1 aromatic carbocycles. The summed E-state index contributed by atoms with van der Waals surface area (Å²) >= 11 is 1.75. The summed E-state index contributed by atoms with van der Waals surface area (Å²) in [6, 6.07) is 12.3. The Hall–Kier alpha value is -1.69. The number of benzene rings is 1. The van der Waals surface area contributed by atoms with Gasteiger partial charge in [-0.15, -0.1) is 0 Å². The maximum atomic E-state index is 12.3. The van der Waals surface area contributed by atoms with Gasteiger partial charge in [0.1, 0.15) is 0 Å². The van der Waals surface area contributed by atoms with Gasteiger partial charge >= 0.3 is 0 Å². The first-order valence-electron chi connectivity index (χ1n) is 8.51. The molecule has 4 nitrogen and oxygen atoms in total. The summed E-state index contributed by atoms with van der Waals surface area (Å²) in [5.41, 5.74) is 2.54. The first kappa shape index (κ1) is 17.1. The minimum Gasteiger partial charge on any atom is -0.348 e. The number of nitrogens with one attached hydrogen (secondary N) is 1. The van der Waals surface area contributed by atoms with E-state index in [9.17, 15) is 4.79 Å².